The van der Waals surface area contributed by atoms with E-state index in [9.17, 15) is 4.79 Å². The molecular weight excluding hydrogens is 236 g/mol. The highest BCUT2D eigenvalue weighted by molar-refractivity contribution is 6.10. The van der Waals surface area contributed by atoms with Gasteiger partial charge in [-0.3, -0.25) is 4.79 Å². The number of carbonyl (C=O) groups is 1. The molecule has 0 atom stereocenters. The number of ketones is 1. The van der Waals surface area contributed by atoms with Crippen LogP contribution in [0.4, 0.5) is 0 Å². The average molecular weight is 254 g/mol. The van der Waals surface area contributed by atoms with Gasteiger partial charge in [-0.1, -0.05) is 6.07 Å². The van der Waals surface area contributed by atoms with Crippen LogP contribution in [-0.4, -0.2) is 16.0 Å². The lowest BCUT2D eigenvalue weighted by Crippen LogP contribution is -2.09. The van der Waals surface area contributed by atoms with E-state index in [1.165, 1.54) is 5.56 Å². The summed E-state index contributed by atoms with van der Waals surface area (Å²) in [6.07, 6.45) is 0. The van der Waals surface area contributed by atoms with E-state index in [4.69, 9.17) is 0 Å². The van der Waals surface area contributed by atoms with Gasteiger partial charge in [-0.25, -0.2) is 0 Å². The predicted octanol–water partition coefficient (Wildman–Crippen LogP) is 3.25. The summed E-state index contributed by atoms with van der Waals surface area (Å²) < 4.78 is 0. The minimum atomic E-state index is 0.0242. The van der Waals surface area contributed by atoms with Crippen LogP contribution in [-0.2, 0) is 0 Å². The van der Waals surface area contributed by atoms with Crippen molar-refractivity contribution in [1.82, 2.24) is 10.2 Å². The Hall–Kier alpha value is -2.03. The van der Waals surface area contributed by atoms with Crippen LogP contribution in [0.5, 0.6) is 0 Å². The number of carbonyl (C=O) groups excluding carboxylic acids is 1. The fraction of sp³-hybridized carbons (Fsp3) is 0.312. The summed E-state index contributed by atoms with van der Waals surface area (Å²) in [5.41, 5.74) is 6.16. The first kappa shape index (κ1) is 13.4. The molecule has 98 valence electrons. The molecule has 0 radical (unpaired) electrons. The fourth-order valence-electron chi connectivity index (χ4n) is 2.13. The van der Waals surface area contributed by atoms with E-state index in [0.717, 1.165) is 22.4 Å². The van der Waals surface area contributed by atoms with E-state index >= 15 is 0 Å². The normalized spacial score (nSPS) is 10.6. The van der Waals surface area contributed by atoms with Gasteiger partial charge in [0.2, 0.25) is 0 Å². The molecule has 0 saturated heterocycles. The van der Waals surface area contributed by atoms with E-state index in [1.807, 2.05) is 33.8 Å². The van der Waals surface area contributed by atoms with E-state index in [-0.39, 0.29) is 5.78 Å². The molecule has 19 heavy (non-hydrogen) atoms. The topological polar surface area (TPSA) is 42.9 Å². The van der Waals surface area contributed by atoms with Crippen molar-refractivity contribution in [3.63, 3.8) is 0 Å². The summed E-state index contributed by atoms with van der Waals surface area (Å²) in [6, 6.07) is 5.82. The van der Waals surface area contributed by atoms with Crippen molar-refractivity contribution in [2.24, 2.45) is 0 Å². The molecule has 0 aliphatic carbocycles. The van der Waals surface area contributed by atoms with Gasteiger partial charge in [0.1, 0.15) is 0 Å². The maximum Gasteiger partial charge on any atom is 0.195 e. The van der Waals surface area contributed by atoms with E-state index < -0.39 is 0 Å². The van der Waals surface area contributed by atoms with Gasteiger partial charge in [0.15, 0.2) is 5.78 Å². The molecule has 2 rings (SSSR count). The van der Waals surface area contributed by atoms with E-state index in [2.05, 4.69) is 23.2 Å². The van der Waals surface area contributed by atoms with Gasteiger partial charge in [-0.15, -0.1) is 0 Å². The molecule has 3 nitrogen and oxygen atoms in total. The Kier molecular flexibility index (Phi) is 3.47. The molecule has 1 aromatic heterocycles. The molecule has 0 aliphatic rings. The van der Waals surface area contributed by atoms with Gasteiger partial charge in [0.25, 0.3) is 0 Å². The van der Waals surface area contributed by atoms with Crippen LogP contribution < -0.4 is 0 Å². The maximum absolute atomic E-state index is 12.6. The zero-order valence-corrected chi connectivity index (χ0v) is 12.0. The minimum Gasteiger partial charge on any atom is -0.289 e. The predicted molar refractivity (Wildman–Crippen MR) is 75.6 cm³/mol. The third-order valence-electron chi connectivity index (χ3n) is 3.43. The summed E-state index contributed by atoms with van der Waals surface area (Å²) in [4.78, 5) is 12.6. The van der Waals surface area contributed by atoms with Crippen molar-refractivity contribution in [1.29, 1.82) is 0 Å². The smallest absolute Gasteiger partial charge is 0.195 e. The van der Waals surface area contributed by atoms with Gasteiger partial charge in [-0.05, 0) is 63.4 Å². The maximum atomic E-state index is 12.6. The Bertz CT molecular complexity index is 660. The van der Waals surface area contributed by atoms with Gasteiger partial charge >= 0.3 is 0 Å². The lowest BCUT2D eigenvalue weighted by atomic mass is 9.94. The molecule has 0 N–H and O–H groups in total. The zero-order valence-electron chi connectivity index (χ0n) is 12.0. The van der Waals surface area contributed by atoms with E-state index in [1.54, 1.807) is 6.07 Å². The van der Waals surface area contributed by atoms with Crippen LogP contribution in [0.1, 0.15) is 44.0 Å². The first-order valence-electron chi connectivity index (χ1n) is 6.33. The third kappa shape index (κ3) is 2.55. The summed E-state index contributed by atoms with van der Waals surface area (Å²) in [5.74, 6) is 0.0242. The molecule has 1 heterocycles. The number of aromatic nitrogens is 2. The van der Waals surface area contributed by atoms with Crippen LogP contribution in [0.3, 0.4) is 0 Å². The van der Waals surface area contributed by atoms with Crippen molar-refractivity contribution in [3.8, 4) is 0 Å². The Labute approximate surface area is 113 Å². The largest absolute Gasteiger partial charge is 0.289 e. The summed E-state index contributed by atoms with van der Waals surface area (Å²) in [6.45, 7) is 9.71. The van der Waals surface area contributed by atoms with Crippen molar-refractivity contribution in [2.75, 3.05) is 0 Å². The minimum absolute atomic E-state index is 0.0242. The number of hydrogen-bond acceptors (Lipinski definition) is 3. The van der Waals surface area contributed by atoms with Gasteiger partial charge in [0.05, 0.1) is 11.4 Å². The number of aryl methyl sites for hydroxylation is 5. The molecule has 2 aromatic rings. The second-order valence-electron chi connectivity index (χ2n) is 5.07. The highest BCUT2D eigenvalue weighted by atomic mass is 16.1. The van der Waals surface area contributed by atoms with Crippen molar-refractivity contribution >= 4 is 5.78 Å². The first-order chi connectivity index (χ1) is 8.90. The molecule has 0 unspecified atom stereocenters. The fourth-order valence-corrected chi connectivity index (χ4v) is 2.13. The highest BCUT2D eigenvalue weighted by Gasteiger charge is 2.16. The lowest BCUT2D eigenvalue weighted by Gasteiger charge is -2.10. The SMILES string of the molecule is Cc1cc(C(=O)c2cc(C)c(C)cc2C)c(C)nn1. The Balaban J connectivity index is 2.56. The van der Waals surface area contributed by atoms with Crippen molar-refractivity contribution in [2.45, 2.75) is 34.6 Å². The van der Waals surface area contributed by atoms with Crippen molar-refractivity contribution in [3.05, 3.63) is 57.4 Å². The number of rotatable bonds is 2. The summed E-state index contributed by atoms with van der Waals surface area (Å²) >= 11 is 0. The summed E-state index contributed by atoms with van der Waals surface area (Å²) in [5, 5.41) is 7.99. The Morgan fingerprint density at radius 3 is 2.11 bits per heavy atom. The molecule has 0 fully saturated rings. The van der Waals surface area contributed by atoms with Crippen LogP contribution in [0.25, 0.3) is 0 Å². The third-order valence-corrected chi connectivity index (χ3v) is 3.43. The average Bonchev–Trinajstić information content (AvgIpc) is 2.36. The standard InChI is InChI=1S/C16H18N2O/c1-9-6-11(3)14(7-10(9)2)16(19)15-8-12(4)17-18-13(15)5/h6-8H,1-5H3. The monoisotopic (exact) mass is 254 g/mol. The quantitative estimate of drug-likeness (QED) is 0.773. The van der Waals surface area contributed by atoms with E-state index in [0.29, 0.717) is 11.3 Å². The molecule has 0 amide bonds. The van der Waals surface area contributed by atoms with Crippen LogP contribution >= 0.6 is 0 Å². The van der Waals surface area contributed by atoms with Crippen LogP contribution in [0, 0.1) is 34.6 Å². The summed E-state index contributed by atoms with van der Waals surface area (Å²) in [7, 11) is 0. The second kappa shape index (κ2) is 4.92. The molecule has 0 spiro atoms. The van der Waals surface area contributed by atoms with Crippen LogP contribution in [0.2, 0.25) is 0 Å². The molecule has 0 saturated carbocycles. The van der Waals surface area contributed by atoms with Crippen molar-refractivity contribution < 1.29 is 4.79 Å². The van der Waals surface area contributed by atoms with Gasteiger partial charge in [-0.2, -0.15) is 10.2 Å². The van der Waals surface area contributed by atoms with Gasteiger partial charge < -0.3 is 0 Å². The Morgan fingerprint density at radius 2 is 1.42 bits per heavy atom. The molecule has 3 heteroatoms. The Morgan fingerprint density at radius 1 is 0.789 bits per heavy atom. The number of benzene rings is 1. The second-order valence-corrected chi connectivity index (χ2v) is 5.07. The lowest BCUT2D eigenvalue weighted by molar-refractivity contribution is 0.103. The van der Waals surface area contributed by atoms with Crippen LogP contribution in [0.15, 0.2) is 18.2 Å². The molecule has 1 aromatic carbocycles. The molecule has 0 aliphatic heterocycles. The highest BCUT2D eigenvalue weighted by Crippen LogP contribution is 2.20. The number of hydrogen-bond donors (Lipinski definition) is 0. The van der Waals surface area contributed by atoms with Gasteiger partial charge in [0, 0.05) is 11.1 Å². The number of nitrogens with zero attached hydrogens (tertiary/aromatic N) is 2. The first-order valence-corrected chi connectivity index (χ1v) is 6.33. The molecule has 0 bridgehead atoms. The zero-order chi connectivity index (χ0) is 14.2. The molecular formula is C16H18N2O.